The van der Waals surface area contributed by atoms with E-state index in [1.165, 1.54) is 29.0 Å². The van der Waals surface area contributed by atoms with E-state index >= 15 is 0 Å². The zero-order valence-electron chi connectivity index (χ0n) is 11.8. The maximum Gasteiger partial charge on any atom is 0.0469 e. The van der Waals surface area contributed by atoms with Crippen LogP contribution >= 0.6 is 11.8 Å². The Morgan fingerprint density at radius 3 is 2.72 bits per heavy atom. The largest absolute Gasteiger partial charge is 0.261 e. The second-order valence-corrected chi connectivity index (χ2v) is 6.68. The molecule has 1 nitrogen and oxygen atoms in total. The molecule has 1 aromatic rings. The van der Waals surface area contributed by atoms with E-state index < -0.39 is 0 Å². The van der Waals surface area contributed by atoms with Gasteiger partial charge in [-0.05, 0) is 58.6 Å². The summed E-state index contributed by atoms with van der Waals surface area (Å²) in [5.74, 6) is 3.04. The molecule has 0 saturated carbocycles. The van der Waals surface area contributed by atoms with Crippen LogP contribution in [0.1, 0.15) is 62.8 Å². The van der Waals surface area contributed by atoms with Crippen LogP contribution in [0.3, 0.4) is 0 Å². The molecule has 0 radical (unpaired) electrons. The van der Waals surface area contributed by atoms with Gasteiger partial charge in [-0.15, -0.1) is 11.8 Å². The molecule has 0 aromatic carbocycles. The summed E-state index contributed by atoms with van der Waals surface area (Å²) < 4.78 is 0. The van der Waals surface area contributed by atoms with Gasteiger partial charge in [0.25, 0.3) is 0 Å². The molecule has 18 heavy (non-hydrogen) atoms. The summed E-state index contributed by atoms with van der Waals surface area (Å²) in [4.78, 5) is 4.66. The summed E-state index contributed by atoms with van der Waals surface area (Å²) in [6.07, 6.45) is 5.48. The van der Waals surface area contributed by atoms with Crippen LogP contribution in [-0.4, -0.2) is 10.7 Å². The van der Waals surface area contributed by atoms with Gasteiger partial charge in [0, 0.05) is 11.9 Å². The van der Waals surface area contributed by atoms with E-state index in [9.17, 15) is 0 Å². The zero-order chi connectivity index (χ0) is 13.1. The van der Waals surface area contributed by atoms with E-state index in [1.807, 2.05) is 18.0 Å². The molecule has 0 spiro atoms. The van der Waals surface area contributed by atoms with Crippen LogP contribution in [0.5, 0.6) is 0 Å². The minimum Gasteiger partial charge on any atom is -0.261 e. The molecule has 1 atom stereocenters. The fourth-order valence-electron chi connectivity index (χ4n) is 2.71. The normalized spacial score (nSPS) is 19.8. The minimum absolute atomic E-state index is 0.502. The van der Waals surface area contributed by atoms with E-state index in [0.29, 0.717) is 17.8 Å². The van der Waals surface area contributed by atoms with Gasteiger partial charge in [0.2, 0.25) is 0 Å². The van der Waals surface area contributed by atoms with Crippen molar-refractivity contribution in [2.45, 2.75) is 46.0 Å². The minimum atomic E-state index is 0.502. The van der Waals surface area contributed by atoms with E-state index in [0.717, 1.165) is 0 Å². The number of aromatic nitrogens is 1. The lowest BCUT2D eigenvalue weighted by atomic mass is 9.81. The smallest absolute Gasteiger partial charge is 0.0469 e. The summed E-state index contributed by atoms with van der Waals surface area (Å²) >= 11 is 1.93. The van der Waals surface area contributed by atoms with Gasteiger partial charge in [0.05, 0.1) is 0 Å². The van der Waals surface area contributed by atoms with Crippen LogP contribution in [0.4, 0.5) is 0 Å². The van der Waals surface area contributed by atoms with Gasteiger partial charge in [-0.3, -0.25) is 4.98 Å². The Hall–Kier alpha value is -0.760. The molecule has 0 N–H and O–H groups in total. The van der Waals surface area contributed by atoms with Crippen LogP contribution in [0.15, 0.2) is 17.7 Å². The summed E-state index contributed by atoms with van der Waals surface area (Å²) in [5, 5.41) is 2.24. The van der Waals surface area contributed by atoms with Gasteiger partial charge in [-0.1, -0.05) is 27.7 Å². The van der Waals surface area contributed by atoms with Crippen molar-refractivity contribution >= 4 is 17.8 Å². The molecule has 2 heteroatoms. The average Bonchev–Trinajstić information content (AvgIpc) is 2.28. The van der Waals surface area contributed by atoms with E-state index in [4.69, 9.17) is 0 Å². The third-order valence-corrected chi connectivity index (χ3v) is 4.47. The first-order valence-corrected chi connectivity index (χ1v) is 7.93. The molecular formula is C16H23NS. The Balaban J connectivity index is 2.58. The molecule has 0 amide bonds. The Morgan fingerprint density at radius 2 is 2.06 bits per heavy atom. The molecule has 1 aliphatic rings. The van der Waals surface area contributed by atoms with Gasteiger partial charge in [0.1, 0.15) is 0 Å². The van der Waals surface area contributed by atoms with Gasteiger partial charge in [0.15, 0.2) is 0 Å². The number of fused-ring (bicyclic) bond motifs is 1. The molecule has 1 unspecified atom stereocenters. The molecule has 0 fully saturated rings. The number of thioether (sulfide) groups is 1. The Labute approximate surface area is 115 Å². The van der Waals surface area contributed by atoms with Crippen LogP contribution in [0, 0.1) is 5.92 Å². The van der Waals surface area contributed by atoms with Crippen molar-refractivity contribution in [2.75, 3.05) is 5.75 Å². The van der Waals surface area contributed by atoms with Crippen molar-refractivity contribution in [1.82, 2.24) is 4.98 Å². The van der Waals surface area contributed by atoms with Crippen molar-refractivity contribution in [3.05, 3.63) is 34.5 Å². The van der Waals surface area contributed by atoms with Crippen molar-refractivity contribution in [2.24, 2.45) is 5.92 Å². The number of hydrogen-bond donors (Lipinski definition) is 0. The summed E-state index contributed by atoms with van der Waals surface area (Å²) in [6, 6.07) is 2.17. The van der Waals surface area contributed by atoms with E-state index in [-0.39, 0.29) is 0 Å². The van der Waals surface area contributed by atoms with E-state index in [2.05, 4.69) is 50.2 Å². The summed E-state index contributed by atoms with van der Waals surface area (Å²) in [6.45, 7) is 9.16. The Morgan fingerprint density at radius 1 is 1.28 bits per heavy atom. The predicted octanol–water partition coefficient (Wildman–Crippen LogP) is 5.05. The molecule has 0 saturated heterocycles. The highest BCUT2D eigenvalue weighted by Gasteiger charge is 2.24. The monoisotopic (exact) mass is 261 g/mol. The third-order valence-electron chi connectivity index (χ3n) is 3.67. The first-order valence-electron chi connectivity index (χ1n) is 6.88. The van der Waals surface area contributed by atoms with Crippen molar-refractivity contribution in [1.29, 1.82) is 0 Å². The highest BCUT2D eigenvalue weighted by atomic mass is 32.2. The first-order chi connectivity index (χ1) is 8.61. The Bertz CT molecular complexity index is 435. The lowest BCUT2D eigenvalue weighted by Crippen LogP contribution is -2.15. The average molecular weight is 261 g/mol. The molecular weight excluding hydrogens is 238 g/mol. The topological polar surface area (TPSA) is 12.9 Å². The maximum atomic E-state index is 4.66. The fraction of sp³-hybridized carbons (Fsp3) is 0.562. The van der Waals surface area contributed by atoms with Gasteiger partial charge in [-0.2, -0.15) is 0 Å². The number of rotatable bonds is 2. The van der Waals surface area contributed by atoms with Crippen molar-refractivity contribution < 1.29 is 0 Å². The van der Waals surface area contributed by atoms with Gasteiger partial charge >= 0.3 is 0 Å². The fourth-order valence-corrected chi connectivity index (χ4v) is 3.48. The second kappa shape index (κ2) is 5.92. The molecule has 2 heterocycles. The molecule has 2 rings (SSSR count). The number of nitrogens with zero attached hydrogens (tertiary/aromatic N) is 1. The SMILES string of the molecule is CC(C)c1nccc2c1C(C(C)C)CCSC=C2. The number of hydrogen-bond acceptors (Lipinski definition) is 2. The van der Waals surface area contributed by atoms with E-state index in [1.54, 1.807) is 0 Å². The standard InChI is InChI=1S/C16H23NS/c1-11(2)14-7-10-18-9-6-13-5-8-17-16(12(3)4)15(13)14/h5-6,8-9,11-12,14H,7,10H2,1-4H3. The van der Waals surface area contributed by atoms with Crippen LogP contribution in [-0.2, 0) is 0 Å². The molecule has 1 aromatic heterocycles. The molecule has 0 aliphatic carbocycles. The van der Waals surface area contributed by atoms with Crippen LogP contribution < -0.4 is 0 Å². The third kappa shape index (κ3) is 2.80. The molecule has 1 aliphatic heterocycles. The zero-order valence-corrected chi connectivity index (χ0v) is 12.6. The molecule has 0 bridgehead atoms. The highest BCUT2D eigenvalue weighted by Crippen LogP contribution is 2.38. The number of pyridine rings is 1. The maximum absolute atomic E-state index is 4.66. The summed E-state index contributed by atoms with van der Waals surface area (Å²) in [5.41, 5.74) is 4.17. The van der Waals surface area contributed by atoms with Crippen LogP contribution in [0.2, 0.25) is 0 Å². The predicted molar refractivity (Wildman–Crippen MR) is 82.0 cm³/mol. The van der Waals surface area contributed by atoms with Crippen LogP contribution in [0.25, 0.3) is 6.08 Å². The highest BCUT2D eigenvalue weighted by molar-refractivity contribution is 8.02. The first kappa shape index (κ1) is 13.7. The Kier molecular flexibility index (Phi) is 4.50. The van der Waals surface area contributed by atoms with Gasteiger partial charge in [-0.25, -0.2) is 0 Å². The summed E-state index contributed by atoms with van der Waals surface area (Å²) in [7, 11) is 0. The van der Waals surface area contributed by atoms with Crippen molar-refractivity contribution in [3.8, 4) is 0 Å². The molecule has 98 valence electrons. The van der Waals surface area contributed by atoms with Gasteiger partial charge < -0.3 is 0 Å². The lowest BCUT2D eigenvalue weighted by molar-refractivity contribution is 0.480. The lowest BCUT2D eigenvalue weighted by Gasteiger charge is -2.27. The van der Waals surface area contributed by atoms with Crippen molar-refractivity contribution in [3.63, 3.8) is 0 Å². The quantitative estimate of drug-likeness (QED) is 0.738. The second-order valence-electron chi connectivity index (χ2n) is 5.67.